The fourth-order valence-electron chi connectivity index (χ4n) is 2.05. The van der Waals surface area contributed by atoms with Gasteiger partial charge in [0.1, 0.15) is 0 Å². The summed E-state index contributed by atoms with van der Waals surface area (Å²) >= 11 is 6.11. The Morgan fingerprint density at radius 1 is 1.16 bits per heavy atom. The fourth-order valence-corrected chi connectivity index (χ4v) is 2.26. The first-order valence-corrected chi connectivity index (χ1v) is 6.57. The molecule has 2 aromatic carbocycles. The van der Waals surface area contributed by atoms with Crippen molar-refractivity contribution in [1.29, 1.82) is 0 Å². The molecule has 0 radical (unpaired) electrons. The Kier molecular flexibility index (Phi) is 4.97. The molecule has 3 heteroatoms. The number of hydrogen-bond acceptors (Lipinski definition) is 2. The number of rotatable bonds is 5. The van der Waals surface area contributed by atoms with Crippen molar-refractivity contribution in [2.75, 3.05) is 7.11 Å². The quantitative estimate of drug-likeness (QED) is 0.901. The molecule has 0 saturated carbocycles. The fraction of sp³-hybridized carbons (Fsp3) is 0.250. The maximum atomic E-state index is 10.3. The molecule has 0 aliphatic heterocycles. The van der Waals surface area contributed by atoms with Gasteiger partial charge in [-0.3, -0.25) is 0 Å². The van der Waals surface area contributed by atoms with Crippen LogP contribution >= 0.6 is 11.6 Å². The second-order valence-corrected chi connectivity index (χ2v) is 4.90. The Hall–Kier alpha value is -1.35. The average Bonchev–Trinajstić information content (AvgIpc) is 2.42. The highest BCUT2D eigenvalue weighted by Gasteiger charge is 2.11. The molecule has 2 aromatic rings. The molecule has 2 rings (SSSR count). The van der Waals surface area contributed by atoms with Crippen molar-refractivity contribution in [3.05, 3.63) is 70.2 Å². The van der Waals surface area contributed by atoms with Gasteiger partial charge in [-0.05, 0) is 22.8 Å². The van der Waals surface area contributed by atoms with Gasteiger partial charge in [0, 0.05) is 18.6 Å². The van der Waals surface area contributed by atoms with Gasteiger partial charge in [0.25, 0.3) is 0 Å². The van der Waals surface area contributed by atoms with Gasteiger partial charge in [-0.1, -0.05) is 54.1 Å². The number of hydrogen-bond donors (Lipinski definition) is 1. The van der Waals surface area contributed by atoms with Crippen molar-refractivity contribution in [2.45, 2.75) is 19.1 Å². The Morgan fingerprint density at radius 3 is 2.68 bits per heavy atom. The van der Waals surface area contributed by atoms with Crippen LogP contribution in [0.2, 0.25) is 5.02 Å². The van der Waals surface area contributed by atoms with Crippen molar-refractivity contribution < 1.29 is 9.84 Å². The molecule has 2 nitrogen and oxygen atoms in total. The molecule has 0 spiro atoms. The molecule has 0 aliphatic carbocycles. The lowest BCUT2D eigenvalue weighted by Gasteiger charge is -2.13. The largest absolute Gasteiger partial charge is 0.388 e. The second-order valence-electron chi connectivity index (χ2n) is 4.49. The normalized spacial score (nSPS) is 12.4. The molecule has 0 amide bonds. The zero-order valence-corrected chi connectivity index (χ0v) is 11.6. The van der Waals surface area contributed by atoms with Crippen LogP contribution in [0.1, 0.15) is 22.8 Å². The van der Waals surface area contributed by atoms with Crippen LogP contribution in [0, 0.1) is 0 Å². The van der Waals surface area contributed by atoms with E-state index in [-0.39, 0.29) is 0 Å². The number of benzene rings is 2. The van der Waals surface area contributed by atoms with Crippen LogP contribution in [0.4, 0.5) is 0 Å². The molecule has 100 valence electrons. The van der Waals surface area contributed by atoms with Crippen molar-refractivity contribution in [1.82, 2.24) is 0 Å². The monoisotopic (exact) mass is 276 g/mol. The molecular weight excluding hydrogens is 260 g/mol. The number of aliphatic hydroxyl groups excluding tert-OH is 1. The van der Waals surface area contributed by atoms with E-state index in [0.717, 1.165) is 16.7 Å². The predicted octanol–water partition coefficient (Wildman–Crippen LogP) is 3.76. The van der Waals surface area contributed by atoms with Crippen LogP contribution in [-0.2, 0) is 17.8 Å². The SMILES string of the molecule is COCc1cccc(C(O)Cc2ccccc2Cl)c1. The summed E-state index contributed by atoms with van der Waals surface area (Å²) in [4.78, 5) is 0. The number of halogens is 1. The Balaban J connectivity index is 2.13. The third-order valence-corrected chi connectivity index (χ3v) is 3.39. The third kappa shape index (κ3) is 3.80. The zero-order valence-electron chi connectivity index (χ0n) is 10.8. The van der Waals surface area contributed by atoms with Crippen molar-refractivity contribution >= 4 is 11.6 Å². The van der Waals surface area contributed by atoms with Crippen molar-refractivity contribution in [3.8, 4) is 0 Å². The highest BCUT2D eigenvalue weighted by atomic mass is 35.5. The molecule has 19 heavy (non-hydrogen) atoms. The lowest BCUT2D eigenvalue weighted by molar-refractivity contribution is 0.175. The van der Waals surface area contributed by atoms with Gasteiger partial charge >= 0.3 is 0 Å². The van der Waals surface area contributed by atoms with Crippen LogP contribution in [0.3, 0.4) is 0 Å². The van der Waals surface area contributed by atoms with Crippen LogP contribution in [0.15, 0.2) is 48.5 Å². The summed E-state index contributed by atoms with van der Waals surface area (Å²) < 4.78 is 5.10. The first-order chi connectivity index (χ1) is 9.20. The van der Waals surface area contributed by atoms with Crippen LogP contribution in [-0.4, -0.2) is 12.2 Å². The Bertz CT molecular complexity index is 540. The van der Waals surface area contributed by atoms with Crippen molar-refractivity contribution in [3.63, 3.8) is 0 Å². The molecule has 1 atom stereocenters. The topological polar surface area (TPSA) is 29.5 Å². The van der Waals surface area contributed by atoms with Crippen LogP contribution in [0.25, 0.3) is 0 Å². The number of aliphatic hydroxyl groups is 1. The van der Waals surface area contributed by atoms with E-state index in [9.17, 15) is 5.11 Å². The number of ether oxygens (including phenoxy) is 1. The Morgan fingerprint density at radius 2 is 1.95 bits per heavy atom. The maximum absolute atomic E-state index is 10.3. The summed E-state index contributed by atoms with van der Waals surface area (Å²) in [6.07, 6.45) is -0.0486. The Labute approximate surface area is 118 Å². The first-order valence-electron chi connectivity index (χ1n) is 6.20. The number of methoxy groups -OCH3 is 1. The summed E-state index contributed by atoms with van der Waals surface area (Å²) in [5.74, 6) is 0. The van der Waals surface area contributed by atoms with Gasteiger partial charge in [0.05, 0.1) is 12.7 Å². The van der Waals surface area contributed by atoms with E-state index in [4.69, 9.17) is 16.3 Å². The predicted molar refractivity (Wildman–Crippen MR) is 77.3 cm³/mol. The highest BCUT2D eigenvalue weighted by molar-refractivity contribution is 6.31. The van der Waals surface area contributed by atoms with Gasteiger partial charge in [0.2, 0.25) is 0 Å². The van der Waals surface area contributed by atoms with E-state index in [1.54, 1.807) is 7.11 Å². The summed E-state index contributed by atoms with van der Waals surface area (Å²) in [6.45, 7) is 0.548. The minimum absolute atomic E-state index is 0.510. The average molecular weight is 277 g/mol. The molecule has 0 bridgehead atoms. The van der Waals surface area contributed by atoms with Gasteiger partial charge < -0.3 is 9.84 Å². The zero-order chi connectivity index (χ0) is 13.7. The first kappa shape index (κ1) is 14.1. The smallest absolute Gasteiger partial charge is 0.0831 e. The molecule has 0 saturated heterocycles. The minimum atomic E-state index is -0.559. The van der Waals surface area contributed by atoms with E-state index >= 15 is 0 Å². The standard InChI is InChI=1S/C16H17ClO2/c1-19-11-12-5-4-7-14(9-12)16(18)10-13-6-2-3-8-15(13)17/h2-9,16,18H,10-11H2,1H3. The minimum Gasteiger partial charge on any atom is -0.388 e. The molecule has 0 heterocycles. The van der Waals surface area contributed by atoms with E-state index in [2.05, 4.69) is 0 Å². The van der Waals surface area contributed by atoms with E-state index < -0.39 is 6.10 Å². The molecule has 0 aliphatic rings. The molecule has 1 unspecified atom stereocenters. The van der Waals surface area contributed by atoms with Crippen LogP contribution < -0.4 is 0 Å². The van der Waals surface area contributed by atoms with E-state index in [1.165, 1.54) is 0 Å². The summed E-state index contributed by atoms with van der Waals surface area (Å²) in [5.41, 5.74) is 2.89. The van der Waals surface area contributed by atoms with Gasteiger partial charge in [0.15, 0.2) is 0 Å². The third-order valence-electron chi connectivity index (χ3n) is 3.02. The highest BCUT2D eigenvalue weighted by Crippen LogP contribution is 2.24. The van der Waals surface area contributed by atoms with Gasteiger partial charge in [-0.25, -0.2) is 0 Å². The molecule has 0 aromatic heterocycles. The van der Waals surface area contributed by atoms with Gasteiger partial charge in [-0.2, -0.15) is 0 Å². The molecule has 1 N–H and O–H groups in total. The van der Waals surface area contributed by atoms with E-state index in [1.807, 2.05) is 48.5 Å². The van der Waals surface area contributed by atoms with Crippen LogP contribution in [0.5, 0.6) is 0 Å². The van der Waals surface area contributed by atoms with Crippen molar-refractivity contribution in [2.24, 2.45) is 0 Å². The summed E-state index contributed by atoms with van der Waals surface area (Å²) in [6, 6.07) is 15.4. The summed E-state index contributed by atoms with van der Waals surface area (Å²) in [5, 5.41) is 11.0. The summed E-state index contributed by atoms with van der Waals surface area (Å²) in [7, 11) is 1.66. The van der Waals surface area contributed by atoms with E-state index in [0.29, 0.717) is 18.1 Å². The lowest BCUT2D eigenvalue weighted by atomic mass is 10.00. The lowest BCUT2D eigenvalue weighted by Crippen LogP contribution is -2.03. The van der Waals surface area contributed by atoms with Gasteiger partial charge in [-0.15, -0.1) is 0 Å². The maximum Gasteiger partial charge on any atom is 0.0831 e. The second kappa shape index (κ2) is 6.71. The molecule has 0 fully saturated rings. The molecular formula is C16H17ClO2.